The number of anilines is 1. The smallest absolute Gasteiger partial charge is 0.343 e. The fourth-order valence-corrected chi connectivity index (χ4v) is 5.88. The molecule has 9 nitrogen and oxygen atoms in total. The van der Waals surface area contributed by atoms with Gasteiger partial charge in [-0.3, -0.25) is 9.59 Å². The summed E-state index contributed by atoms with van der Waals surface area (Å²) in [6, 6.07) is 19.7. The van der Waals surface area contributed by atoms with E-state index in [2.05, 4.69) is 21.9 Å². The van der Waals surface area contributed by atoms with E-state index in [9.17, 15) is 19.6 Å². The van der Waals surface area contributed by atoms with Crippen LogP contribution in [-0.2, 0) is 22.4 Å². The third kappa shape index (κ3) is 6.10. The Hall–Kier alpha value is -5.01. The Morgan fingerprint density at radius 3 is 2.59 bits per heavy atom. The number of carbonyl (C=O) groups is 3. The Morgan fingerprint density at radius 2 is 1.80 bits per heavy atom. The van der Waals surface area contributed by atoms with Crippen molar-refractivity contribution >= 4 is 51.1 Å². The molecule has 1 aliphatic rings. The number of ether oxygens (including phenoxy) is 2. The second-order valence-electron chi connectivity index (χ2n) is 9.23. The number of nitrogens with one attached hydrogen (secondary N) is 2. The maximum absolute atomic E-state index is 12.9. The maximum Gasteiger partial charge on any atom is 0.343 e. The molecule has 0 fully saturated rings. The average molecular weight is 567 g/mol. The molecule has 41 heavy (non-hydrogen) atoms. The van der Waals surface area contributed by atoms with Crippen LogP contribution in [0.3, 0.4) is 0 Å². The van der Waals surface area contributed by atoms with Crippen LogP contribution < -0.4 is 20.2 Å². The van der Waals surface area contributed by atoms with Crippen LogP contribution in [0.15, 0.2) is 65.8 Å². The first kappa shape index (κ1) is 27.6. The summed E-state index contributed by atoms with van der Waals surface area (Å²) in [6.07, 6.45) is 5.01. The molecule has 206 valence electrons. The Morgan fingerprint density at radius 1 is 1.02 bits per heavy atom. The number of nitriles is 1. The van der Waals surface area contributed by atoms with Crippen molar-refractivity contribution in [3.8, 4) is 17.6 Å². The SMILES string of the molecule is CCOc1ccc(C(=O)Oc2ccc3ccccc3c2C=NNC(=O)C(=O)Nc2sc3c(c2C#N)CCCC3)cc1. The highest BCUT2D eigenvalue weighted by atomic mass is 32.1. The Labute approximate surface area is 240 Å². The molecule has 0 aliphatic heterocycles. The first-order chi connectivity index (χ1) is 20.0. The van der Waals surface area contributed by atoms with Crippen molar-refractivity contribution in [2.75, 3.05) is 11.9 Å². The summed E-state index contributed by atoms with van der Waals surface area (Å²) in [5, 5.41) is 18.1. The molecular weight excluding hydrogens is 540 g/mol. The van der Waals surface area contributed by atoms with Crippen molar-refractivity contribution in [3.63, 3.8) is 0 Å². The van der Waals surface area contributed by atoms with Crippen LogP contribution in [0.5, 0.6) is 11.5 Å². The zero-order chi connectivity index (χ0) is 28.8. The molecule has 1 heterocycles. The van der Waals surface area contributed by atoms with E-state index < -0.39 is 17.8 Å². The van der Waals surface area contributed by atoms with Gasteiger partial charge in [0.05, 0.1) is 23.9 Å². The number of carbonyl (C=O) groups excluding carboxylic acids is 3. The monoisotopic (exact) mass is 566 g/mol. The van der Waals surface area contributed by atoms with Gasteiger partial charge in [-0.15, -0.1) is 11.3 Å². The van der Waals surface area contributed by atoms with E-state index in [4.69, 9.17) is 9.47 Å². The minimum absolute atomic E-state index is 0.230. The molecule has 1 aromatic heterocycles. The van der Waals surface area contributed by atoms with Crippen LogP contribution in [-0.4, -0.2) is 30.6 Å². The van der Waals surface area contributed by atoms with Crippen molar-refractivity contribution in [1.82, 2.24) is 5.43 Å². The first-order valence-corrected chi connectivity index (χ1v) is 14.0. The summed E-state index contributed by atoms with van der Waals surface area (Å²) in [6.45, 7) is 2.39. The first-order valence-electron chi connectivity index (χ1n) is 13.1. The van der Waals surface area contributed by atoms with Crippen LogP contribution in [0.4, 0.5) is 5.00 Å². The number of nitrogens with zero attached hydrogens (tertiary/aromatic N) is 2. The number of hydrogen-bond acceptors (Lipinski definition) is 8. The third-order valence-electron chi connectivity index (χ3n) is 6.61. The highest BCUT2D eigenvalue weighted by molar-refractivity contribution is 7.16. The largest absolute Gasteiger partial charge is 0.494 e. The number of hydrazone groups is 1. The number of fused-ring (bicyclic) bond motifs is 2. The van der Waals surface area contributed by atoms with Crippen molar-refractivity contribution in [2.24, 2.45) is 5.10 Å². The number of esters is 1. The fraction of sp³-hybridized carbons (Fsp3) is 0.194. The zero-order valence-electron chi connectivity index (χ0n) is 22.2. The van der Waals surface area contributed by atoms with Gasteiger partial charge in [0, 0.05) is 10.4 Å². The van der Waals surface area contributed by atoms with Gasteiger partial charge < -0.3 is 14.8 Å². The van der Waals surface area contributed by atoms with Crippen molar-refractivity contribution in [1.29, 1.82) is 5.26 Å². The van der Waals surface area contributed by atoms with Gasteiger partial charge in [0.1, 0.15) is 22.6 Å². The molecule has 0 unspecified atom stereocenters. The highest BCUT2D eigenvalue weighted by Crippen LogP contribution is 2.37. The summed E-state index contributed by atoms with van der Waals surface area (Å²) in [5.41, 5.74) is 4.39. The molecule has 1 aliphatic carbocycles. The molecule has 5 rings (SSSR count). The zero-order valence-corrected chi connectivity index (χ0v) is 23.0. The van der Waals surface area contributed by atoms with Gasteiger partial charge in [-0.2, -0.15) is 10.4 Å². The van der Waals surface area contributed by atoms with Crippen LogP contribution in [0.25, 0.3) is 10.8 Å². The third-order valence-corrected chi connectivity index (χ3v) is 7.82. The van der Waals surface area contributed by atoms with E-state index in [-0.39, 0.29) is 5.75 Å². The quantitative estimate of drug-likeness (QED) is 0.102. The maximum atomic E-state index is 12.9. The van der Waals surface area contributed by atoms with Gasteiger partial charge in [-0.25, -0.2) is 10.2 Å². The summed E-state index contributed by atoms with van der Waals surface area (Å²) in [7, 11) is 0. The lowest BCUT2D eigenvalue weighted by Gasteiger charge is -2.11. The molecular formula is C31H26N4O5S. The minimum atomic E-state index is -0.996. The van der Waals surface area contributed by atoms with E-state index in [1.807, 2.05) is 37.3 Å². The standard InChI is InChI=1S/C31H26N4O5S/c1-2-39-21-14-11-20(12-15-21)31(38)40-26-16-13-19-7-3-4-8-22(19)25(26)18-33-35-29(37)28(36)34-30-24(17-32)23-9-5-6-10-27(23)41-30/h3-4,7-8,11-16,18H,2,5-6,9-10H2,1H3,(H,34,36)(H,35,37). The molecule has 0 spiro atoms. The van der Waals surface area contributed by atoms with Crippen molar-refractivity contribution in [2.45, 2.75) is 32.6 Å². The lowest BCUT2D eigenvalue weighted by molar-refractivity contribution is -0.136. The average Bonchev–Trinajstić information content (AvgIpc) is 3.35. The molecule has 0 atom stereocenters. The fourth-order valence-electron chi connectivity index (χ4n) is 4.65. The Kier molecular flexibility index (Phi) is 8.36. The van der Waals surface area contributed by atoms with E-state index >= 15 is 0 Å². The van der Waals surface area contributed by atoms with Gasteiger partial charge in [0.25, 0.3) is 0 Å². The van der Waals surface area contributed by atoms with E-state index in [1.54, 1.807) is 30.3 Å². The Balaban J connectivity index is 1.32. The van der Waals surface area contributed by atoms with Crippen LogP contribution in [0.1, 0.15) is 51.7 Å². The number of aryl methyl sites for hydroxylation is 1. The second-order valence-corrected chi connectivity index (χ2v) is 10.3. The molecule has 2 N–H and O–H groups in total. The lowest BCUT2D eigenvalue weighted by Crippen LogP contribution is -2.32. The van der Waals surface area contributed by atoms with Gasteiger partial charge in [0.15, 0.2) is 0 Å². The highest BCUT2D eigenvalue weighted by Gasteiger charge is 2.24. The summed E-state index contributed by atoms with van der Waals surface area (Å²) < 4.78 is 11.1. The van der Waals surface area contributed by atoms with E-state index in [1.165, 1.54) is 17.6 Å². The van der Waals surface area contributed by atoms with Crippen LogP contribution in [0, 0.1) is 11.3 Å². The van der Waals surface area contributed by atoms with E-state index in [0.29, 0.717) is 34.0 Å². The van der Waals surface area contributed by atoms with Gasteiger partial charge in [-0.1, -0.05) is 30.3 Å². The number of rotatable bonds is 7. The molecule has 2 amide bonds. The number of benzene rings is 3. The van der Waals surface area contributed by atoms with Gasteiger partial charge in [-0.05, 0) is 79.3 Å². The molecule has 4 aromatic rings. The molecule has 0 radical (unpaired) electrons. The molecule has 10 heteroatoms. The van der Waals surface area contributed by atoms with Crippen LogP contribution in [0.2, 0.25) is 0 Å². The summed E-state index contributed by atoms with van der Waals surface area (Å²) in [4.78, 5) is 39.1. The predicted octanol–water partition coefficient (Wildman–Crippen LogP) is 5.36. The number of thiophene rings is 1. The lowest BCUT2D eigenvalue weighted by atomic mass is 9.96. The van der Waals surface area contributed by atoms with Crippen molar-refractivity contribution < 1.29 is 23.9 Å². The van der Waals surface area contributed by atoms with Gasteiger partial charge >= 0.3 is 17.8 Å². The topological polar surface area (TPSA) is 130 Å². The molecule has 3 aromatic carbocycles. The second kappa shape index (κ2) is 12.4. The molecule has 0 bridgehead atoms. The summed E-state index contributed by atoms with van der Waals surface area (Å²) in [5.74, 6) is -1.63. The molecule has 0 saturated heterocycles. The normalized spacial score (nSPS) is 12.4. The van der Waals surface area contributed by atoms with Crippen LogP contribution >= 0.6 is 11.3 Å². The van der Waals surface area contributed by atoms with Gasteiger partial charge in [0.2, 0.25) is 0 Å². The Bertz CT molecular complexity index is 1700. The number of hydrogen-bond donors (Lipinski definition) is 2. The summed E-state index contributed by atoms with van der Waals surface area (Å²) >= 11 is 1.33. The van der Waals surface area contributed by atoms with Crippen molar-refractivity contribution in [3.05, 3.63) is 87.8 Å². The minimum Gasteiger partial charge on any atom is -0.494 e. The predicted molar refractivity (Wildman–Crippen MR) is 157 cm³/mol. The van der Waals surface area contributed by atoms with E-state index in [0.717, 1.165) is 46.9 Å². The number of amides is 2. The molecule has 0 saturated carbocycles.